The second-order valence-electron chi connectivity index (χ2n) is 3.59. The van der Waals surface area contributed by atoms with Gasteiger partial charge in [0.2, 0.25) is 0 Å². The van der Waals surface area contributed by atoms with Gasteiger partial charge in [0.15, 0.2) is 0 Å². The van der Waals surface area contributed by atoms with Crippen molar-refractivity contribution in [3.8, 4) is 0 Å². The maximum Gasteiger partial charge on any atom is 0.255 e. The molecule has 2 aromatic carbocycles. The quantitative estimate of drug-likeness (QED) is 0.716. The number of benzene rings is 2. The molecule has 0 aliphatic heterocycles. The van der Waals surface area contributed by atoms with E-state index in [4.69, 9.17) is 0 Å². The Labute approximate surface area is 126 Å². The van der Waals surface area contributed by atoms with Crippen molar-refractivity contribution in [2.45, 2.75) is 0 Å². The van der Waals surface area contributed by atoms with E-state index in [1.54, 1.807) is 12.1 Å². The van der Waals surface area contributed by atoms with Gasteiger partial charge in [-0.3, -0.25) is 4.79 Å². The maximum absolute atomic E-state index is 13.1. The van der Waals surface area contributed by atoms with Crippen LogP contribution in [0, 0.1) is 9.39 Å². The van der Waals surface area contributed by atoms with Crippen molar-refractivity contribution in [3.05, 3.63) is 61.9 Å². The Bertz CT molecular complexity index is 603. The van der Waals surface area contributed by atoms with Crippen molar-refractivity contribution in [1.29, 1.82) is 0 Å². The monoisotopic (exact) mass is 419 g/mol. The second kappa shape index (κ2) is 5.79. The van der Waals surface area contributed by atoms with E-state index >= 15 is 0 Å². The Hall–Kier alpha value is -0.950. The lowest BCUT2D eigenvalue weighted by Gasteiger charge is -2.06. The van der Waals surface area contributed by atoms with Crippen LogP contribution < -0.4 is 5.32 Å². The minimum atomic E-state index is -0.359. The van der Waals surface area contributed by atoms with Crippen molar-refractivity contribution in [2.75, 3.05) is 5.32 Å². The lowest BCUT2D eigenvalue weighted by molar-refractivity contribution is 0.102. The SMILES string of the molecule is O=C(Nc1ccc(F)c(Br)c1)c1cccc(I)c1. The van der Waals surface area contributed by atoms with Gasteiger partial charge >= 0.3 is 0 Å². The van der Waals surface area contributed by atoms with E-state index < -0.39 is 0 Å². The molecule has 18 heavy (non-hydrogen) atoms. The first-order chi connectivity index (χ1) is 8.56. The fourth-order valence-corrected chi connectivity index (χ4v) is 2.33. The summed E-state index contributed by atoms with van der Waals surface area (Å²) < 4.78 is 14.4. The molecule has 0 bridgehead atoms. The Morgan fingerprint density at radius 2 is 2.00 bits per heavy atom. The highest BCUT2D eigenvalue weighted by atomic mass is 127. The van der Waals surface area contributed by atoms with Crippen molar-refractivity contribution in [2.24, 2.45) is 0 Å². The number of rotatable bonds is 2. The van der Waals surface area contributed by atoms with E-state index in [1.807, 2.05) is 12.1 Å². The van der Waals surface area contributed by atoms with Crippen LogP contribution in [0.1, 0.15) is 10.4 Å². The maximum atomic E-state index is 13.1. The van der Waals surface area contributed by atoms with Crippen LogP contribution in [-0.4, -0.2) is 5.91 Å². The highest BCUT2D eigenvalue weighted by Crippen LogP contribution is 2.20. The van der Waals surface area contributed by atoms with E-state index in [0.29, 0.717) is 15.7 Å². The minimum Gasteiger partial charge on any atom is -0.322 e. The second-order valence-corrected chi connectivity index (χ2v) is 5.69. The zero-order chi connectivity index (χ0) is 13.1. The van der Waals surface area contributed by atoms with E-state index in [0.717, 1.165) is 3.57 Å². The van der Waals surface area contributed by atoms with Gasteiger partial charge in [0.1, 0.15) is 5.82 Å². The first-order valence-electron chi connectivity index (χ1n) is 5.08. The highest BCUT2D eigenvalue weighted by Gasteiger charge is 2.07. The molecule has 1 N–H and O–H groups in total. The molecular weight excluding hydrogens is 412 g/mol. The predicted octanol–water partition coefficient (Wildman–Crippen LogP) is 4.45. The van der Waals surface area contributed by atoms with Crippen LogP contribution in [0.3, 0.4) is 0 Å². The number of carbonyl (C=O) groups is 1. The normalized spacial score (nSPS) is 10.2. The van der Waals surface area contributed by atoms with Crippen LogP contribution in [0.4, 0.5) is 10.1 Å². The standard InChI is InChI=1S/C13H8BrFINO/c14-11-7-10(4-5-12(11)15)17-13(18)8-2-1-3-9(16)6-8/h1-7H,(H,17,18). The highest BCUT2D eigenvalue weighted by molar-refractivity contribution is 14.1. The van der Waals surface area contributed by atoms with E-state index in [2.05, 4.69) is 43.8 Å². The molecule has 2 aromatic rings. The van der Waals surface area contributed by atoms with Crippen LogP contribution >= 0.6 is 38.5 Å². The third kappa shape index (κ3) is 3.29. The lowest BCUT2D eigenvalue weighted by atomic mass is 10.2. The number of hydrogen-bond donors (Lipinski definition) is 1. The average Bonchev–Trinajstić information content (AvgIpc) is 2.34. The number of nitrogens with one attached hydrogen (secondary N) is 1. The minimum absolute atomic E-state index is 0.216. The Morgan fingerprint density at radius 3 is 2.67 bits per heavy atom. The molecule has 0 aromatic heterocycles. The van der Waals surface area contributed by atoms with Gasteiger partial charge in [-0.2, -0.15) is 0 Å². The molecule has 0 atom stereocenters. The van der Waals surface area contributed by atoms with Gasteiger partial charge in [0.05, 0.1) is 4.47 Å². The summed E-state index contributed by atoms with van der Waals surface area (Å²) in [6.07, 6.45) is 0. The Balaban J connectivity index is 2.18. The summed E-state index contributed by atoms with van der Waals surface area (Å²) in [5, 5.41) is 2.71. The Morgan fingerprint density at radius 1 is 1.22 bits per heavy atom. The first-order valence-corrected chi connectivity index (χ1v) is 6.95. The van der Waals surface area contributed by atoms with Gasteiger partial charge in [0.25, 0.3) is 5.91 Å². The van der Waals surface area contributed by atoms with Gasteiger partial charge in [-0.25, -0.2) is 4.39 Å². The summed E-state index contributed by atoms with van der Waals surface area (Å²) in [7, 11) is 0. The number of hydrogen-bond acceptors (Lipinski definition) is 1. The van der Waals surface area contributed by atoms with Gasteiger partial charge in [0, 0.05) is 14.8 Å². The summed E-state index contributed by atoms with van der Waals surface area (Å²) in [4.78, 5) is 11.9. The molecule has 1 amide bonds. The molecule has 0 unspecified atom stereocenters. The first kappa shape index (κ1) is 13.5. The molecule has 0 aliphatic carbocycles. The molecule has 0 spiro atoms. The number of carbonyl (C=O) groups excluding carboxylic acids is 1. The van der Waals surface area contributed by atoms with Crippen LogP contribution in [0.25, 0.3) is 0 Å². The van der Waals surface area contributed by atoms with E-state index in [1.165, 1.54) is 18.2 Å². The van der Waals surface area contributed by atoms with Gasteiger partial charge in [-0.05, 0) is 74.9 Å². The molecule has 0 fully saturated rings. The average molecular weight is 420 g/mol. The van der Waals surface area contributed by atoms with E-state index in [-0.39, 0.29) is 11.7 Å². The molecule has 0 heterocycles. The summed E-state index contributed by atoms with van der Waals surface area (Å²) in [5.41, 5.74) is 1.12. The number of amides is 1. The summed E-state index contributed by atoms with van der Waals surface area (Å²) in [5.74, 6) is -0.575. The van der Waals surface area contributed by atoms with Crippen molar-refractivity contribution >= 4 is 50.1 Å². The largest absolute Gasteiger partial charge is 0.322 e. The van der Waals surface area contributed by atoms with Gasteiger partial charge in [-0.1, -0.05) is 6.07 Å². The van der Waals surface area contributed by atoms with E-state index in [9.17, 15) is 9.18 Å². The smallest absolute Gasteiger partial charge is 0.255 e. The van der Waals surface area contributed by atoms with Gasteiger partial charge in [-0.15, -0.1) is 0 Å². The van der Waals surface area contributed by atoms with Crippen LogP contribution in [0.15, 0.2) is 46.9 Å². The molecule has 0 saturated carbocycles. The molecule has 92 valence electrons. The van der Waals surface area contributed by atoms with Crippen molar-refractivity contribution < 1.29 is 9.18 Å². The lowest BCUT2D eigenvalue weighted by Crippen LogP contribution is -2.12. The van der Waals surface area contributed by atoms with Crippen molar-refractivity contribution in [3.63, 3.8) is 0 Å². The number of halogens is 3. The third-order valence-electron chi connectivity index (χ3n) is 2.26. The topological polar surface area (TPSA) is 29.1 Å². The van der Waals surface area contributed by atoms with Crippen LogP contribution in [0.5, 0.6) is 0 Å². The zero-order valence-electron chi connectivity index (χ0n) is 9.08. The van der Waals surface area contributed by atoms with Gasteiger partial charge < -0.3 is 5.32 Å². The predicted molar refractivity (Wildman–Crippen MR) is 81.2 cm³/mol. The number of anilines is 1. The molecular formula is C13H8BrFINO. The molecule has 0 radical (unpaired) electrons. The molecule has 2 rings (SSSR count). The summed E-state index contributed by atoms with van der Waals surface area (Å²) >= 11 is 5.22. The fourth-order valence-electron chi connectivity index (χ4n) is 1.41. The van der Waals surface area contributed by atoms with Crippen LogP contribution in [0.2, 0.25) is 0 Å². The fraction of sp³-hybridized carbons (Fsp3) is 0. The summed E-state index contributed by atoms with van der Waals surface area (Å²) in [6.45, 7) is 0. The Kier molecular flexibility index (Phi) is 4.34. The molecule has 2 nitrogen and oxygen atoms in total. The third-order valence-corrected chi connectivity index (χ3v) is 3.54. The van der Waals surface area contributed by atoms with Crippen LogP contribution in [-0.2, 0) is 0 Å². The van der Waals surface area contributed by atoms with Crippen molar-refractivity contribution in [1.82, 2.24) is 0 Å². The molecule has 5 heteroatoms. The molecule has 0 aliphatic rings. The summed E-state index contributed by atoms with van der Waals surface area (Å²) in [6, 6.07) is 11.6. The molecule has 0 saturated heterocycles. The zero-order valence-corrected chi connectivity index (χ0v) is 12.8.